The summed E-state index contributed by atoms with van der Waals surface area (Å²) in [6.07, 6.45) is 4.54. The second-order valence-electron chi connectivity index (χ2n) is 12.6. The van der Waals surface area contributed by atoms with Crippen molar-refractivity contribution in [3.8, 4) is 0 Å². The van der Waals surface area contributed by atoms with Gasteiger partial charge in [0.1, 0.15) is 6.10 Å². The van der Waals surface area contributed by atoms with Gasteiger partial charge < -0.3 is 20.1 Å². The van der Waals surface area contributed by atoms with Crippen LogP contribution in [0.5, 0.6) is 0 Å². The van der Waals surface area contributed by atoms with Crippen molar-refractivity contribution in [2.75, 3.05) is 6.61 Å². The van der Waals surface area contributed by atoms with Crippen LogP contribution in [-0.4, -0.2) is 52.0 Å². The maximum atomic E-state index is 14.0. The lowest BCUT2D eigenvalue weighted by molar-refractivity contribution is -0.151. The summed E-state index contributed by atoms with van der Waals surface area (Å²) >= 11 is 0. The molecule has 0 heterocycles. The summed E-state index contributed by atoms with van der Waals surface area (Å²) in [6.45, 7) is 16.1. The molecule has 0 radical (unpaired) electrons. The fourth-order valence-electron chi connectivity index (χ4n) is 7.64. The van der Waals surface area contributed by atoms with E-state index in [1.807, 2.05) is 6.92 Å². The van der Waals surface area contributed by atoms with Gasteiger partial charge in [0.25, 0.3) is 0 Å². The number of Topliss-reactive ketones (excluding diaryl/α,β-unsaturated/α-hetero) is 1. The van der Waals surface area contributed by atoms with Gasteiger partial charge in [-0.3, -0.25) is 9.59 Å². The molecule has 2 fully saturated rings. The van der Waals surface area contributed by atoms with E-state index in [0.717, 1.165) is 18.4 Å². The molecule has 9 atom stereocenters. The molecule has 0 amide bonds. The van der Waals surface area contributed by atoms with Crippen LogP contribution in [0.15, 0.2) is 23.8 Å². The number of aliphatic hydroxyl groups excluding tert-OH is 3. The number of esters is 1. The van der Waals surface area contributed by atoms with E-state index < -0.39 is 17.6 Å². The first-order valence-electron chi connectivity index (χ1n) is 13.8. The zero-order chi connectivity index (χ0) is 27.0. The minimum atomic E-state index is -0.768. The molecule has 0 unspecified atom stereocenters. The molecule has 6 heteroatoms. The smallest absolute Gasteiger partial charge is 0.302 e. The summed E-state index contributed by atoms with van der Waals surface area (Å²) < 4.78 is 5.83. The number of ether oxygens (including phenoxy) is 1. The predicted octanol–water partition coefficient (Wildman–Crippen LogP) is 4.61. The SMILES string of the molecule is C=C(C[C@@H](OC(C)=O)[C@@H](C)[C@H]1CC[C@@H](C2=C[C@H](O)[C@H]3C[C@@H](O)CC[C@]3(C)C2=O)[C@]1(C)CCO)C(C)C. The van der Waals surface area contributed by atoms with Gasteiger partial charge in [0, 0.05) is 31.3 Å². The molecule has 0 aromatic carbocycles. The molecule has 0 aromatic heterocycles. The highest BCUT2D eigenvalue weighted by Crippen LogP contribution is 2.59. The highest BCUT2D eigenvalue weighted by atomic mass is 16.5. The van der Waals surface area contributed by atoms with Gasteiger partial charge in [-0.15, -0.1) is 0 Å². The standard InChI is InChI=1S/C30H48O6/c1-17(2)18(3)14-27(36-20(5)32)19(4)23-8-9-24(29(23,6)12-13-31)22-16-26(34)25-15-21(33)10-11-30(25,7)28(22)35/h16-17,19,21,23-27,31,33-34H,3,8-15H2,1-2,4-7H3/t19-,21-,23+,24-,25+,26-,27+,29+,30-/m0/s1. The molecule has 204 valence electrons. The summed E-state index contributed by atoms with van der Waals surface area (Å²) in [7, 11) is 0. The fourth-order valence-corrected chi connectivity index (χ4v) is 7.64. The van der Waals surface area contributed by atoms with E-state index in [4.69, 9.17) is 4.74 Å². The number of carbonyl (C=O) groups excluding carboxylic acids is 2. The molecule has 0 aromatic rings. The van der Waals surface area contributed by atoms with Crippen molar-refractivity contribution in [3.05, 3.63) is 23.8 Å². The first-order chi connectivity index (χ1) is 16.8. The van der Waals surface area contributed by atoms with E-state index in [2.05, 4.69) is 34.3 Å². The highest BCUT2D eigenvalue weighted by molar-refractivity contribution is 6.01. The van der Waals surface area contributed by atoms with E-state index in [-0.39, 0.29) is 59.5 Å². The molecule has 2 saturated carbocycles. The van der Waals surface area contributed by atoms with Crippen LogP contribution < -0.4 is 0 Å². The number of aliphatic hydroxyl groups is 3. The number of hydrogen-bond donors (Lipinski definition) is 3. The molecule has 36 heavy (non-hydrogen) atoms. The van der Waals surface area contributed by atoms with Crippen molar-refractivity contribution in [2.45, 2.75) is 105 Å². The average Bonchev–Trinajstić information content (AvgIpc) is 3.12. The van der Waals surface area contributed by atoms with Crippen LogP contribution in [0, 0.1) is 40.4 Å². The monoisotopic (exact) mass is 504 g/mol. The number of carbonyl (C=O) groups is 2. The molecular formula is C30H48O6. The van der Waals surface area contributed by atoms with Crippen molar-refractivity contribution in [1.29, 1.82) is 0 Å². The quantitative estimate of drug-likeness (QED) is 0.313. The molecule has 6 nitrogen and oxygen atoms in total. The zero-order valence-corrected chi connectivity index (χ0v) is 23.1. The lowest BCUT2D eigenvalue weighted by Crippen LogP contribution is -2.52. The van der Waals surface area contributed by atoms with Crippen LogP contribution in [-0.2, 0) is 14.3 Å². The largest absolute Gasteiger partial charge is 0.462 e. The van der Waals surface area contributed by atoms with E-state index in [1.165, 1.54) is 6.92 Å². The van der Waals surface area contributed by atoms with E-state index in [1.54, 1.807) is 6.08 Å². The van der Waals surface area contributed by atoms with Crippen LogP contribution >= 0.6 is 0 Å². The molecule has 0 spiro atoms. The summed E-state index contributed by atoms with van der Waals surface area (Å²) in [6, 6.07) is 0. The Kier molecular flexibility index (Phi) is 8.95. The van der Waals surface area contributed by atoms with E-state index >= 15 is 0 Å². The Morgan fingerprint density at radius 2 is 1.86 bits per heavy atom. The van der Waals surface area contributed by atoms with Crippen LogP contribution in [0.4, 0.5) is 0 Å². The molecule has 3 aliphatic carbocycles. The van der Waals surface area contributed by atoms with Gasteiger partial charge in [-0.25, -0.2) is 0 Å². The molecule has 0 saturated heterocycles. The number of fused-ring (bicyclic) bond motifs is 1. The molecule has 3 N–H and O–H groups in total. The third-order valence-corrected chi connectivity index (χ3v) is 10.1. The van der Waals surface area contributed by atoms with Gasteiger partial charge in [0.15, 0.2) is 5.78 Å². The van der Waals surface area contributed by atoms with Crippen molar-refractivity contribution >= 4 is 11.8 Å². The summed E-state index contributed by atoms with van der Waals surface area (Å²) in [5.41, 5.74) is 0.670. The second kappa shape index (κ2) is 11.1. The maximum Gasteiger partial charge on any atom is 0.302 e. The second-order valence-corrected chi connectivity index (χ2v) is 12.6. The highest BCUT2D eigenvalue weighted by Gasteiger charge is 2.57. The van der Waals surface area contributed by atoms with Gasteiger partial charge in [-0.1, -0.05) is 46.8 Å². The van der Waals surface area contributed by atoms with Crippen molar-refractivity contribution in [1.82, 2.24) is 0 Å². The summed E-state index contributed by atoms with van der Waals surface area (Å²) in [4.78, 5) is 26.0. The van der Waals surface area contributed by atoms with Gasteiger partial charge in [0.05, 0.1) is 12.2 Å². The Labute approximate surface area is 217 Å². The average molecular weight is 505 g/mol. The lowest BCUT2D eigenvalue weighted by atomic mass is 9.55. The number of rotatable bonds is 9. The van der Waals surface area contributed by atoms with Crippen molar-refractivity contribution < 1.29 is 29.6 Å². The van der Waals surface area contributed by atoms with Gasteiger partial charge in [-0.05, 0) is 79.3 Å². The number of allylic oxidation sites excluding steroid dienone is 1. The lowest BCUT2D eigenvalue weighted by Gasteiger charge is -2.49. The Balaban J connectivity index is 1.94. The minimum Gasteiger partial charge on any atom is -0.462 e. The van der Waals surface area contributed by atoms with Crippen LogP contribution in [0.2, 0.25) is 0 Å². The van der Waals surface area contributed by atoms with Crippen molar-refractivity contribution in [2.24, 2.45) is 40.4 Å². The molecule has 0 bridgehead atoms. The van der Waals surface area contributed by atoms with Gasteiger partial charge >= 0.3 is 5.97 Å². The maximum absolute atomic E-state index is 14.0. The topological polar surface area (TPSA) is 104 Å². The molecule has 3 aliphatic rings. The summed E-state index contributed by atoms with van der Waals surface area (Å²) in [5.74, 6) is -0.148. The van der Waals surface area contributed by atoms with Crippen LogP contribution in [0.1, 0.15) is 86.5 Å². The van der Waals surface area contributed by atoms with Gasteiger partial charge in [0.2, 0.25) is 0 Å². The first-order valence-corrected chi connectivity index (χ1v) is 13.8. The van der Waals surface area contributed by atoms with Gasteiger partial charge in [-0.2, -0.15) is 0 Å². The third kappa shape index (κ3) is 5.37. The minimum absolute atomic E-state index is 0.00324. The third-order valence-electron chi connectivity index (χ3n) is 10.1. The van der Waals surface area contributed by atoms with Crippen molar-refractivity contribution in [3.63, 3.8) is 0 Å². The fraction of sp³-hybridized carbons (Fsp3) is 0.800. The Morgan fingerprint density at radius 3 is 2.44 bits per heavy atom. The zero-order valence-electron chi connectivity index (χ0n) is 23.1. The van der Waals surface area contributed by atoms with Crippen LogP contribution in [0.3, 0.4) is 0 Å². The van der Waals surface area contributed by atoms with Crippen LogP contribution in [0.25, 0.3) is 0 Å². The normalized spacial score (nSPS) is 38.3. The first kappa shape index (κ1) is 29.1. The predicted molar refractivity (Wildman–Crippen MR) is 140 cm³/mol. The molecular weight excluding hydrogens is 456 g/mol. The summed E-state index contributed by atoms with van der Waals surface area (Å²) in [5, 5.41) is 31.4. The Morgan fingerprint density at radius 1 is 1.19 bits per heavy atom. The molecule has 3 rings (SSSR count). The van der Waals surface area contributed by atoms with E-state index in [0.29, 0.717) is 37.7 Å². The Bertz CT molecular complexity index is 877. The molecule has 0 aliphatic heterocycles. The number of ketones is 1. The van der Waals surface area contributed by atoms with E-state index in [9.17, 15) is 24.9 Å². The Hall–Kier alpha value is -1.50. The number of hydrogen-bond acceptors (Lipinski definition) is 6.